The van der Waals surface area contributed by atoms with E-state index in [9.17, 15) is 0 Å². The van der Waals surface area contributed by atoms with E-state index in [4.69, 9.17) is 9.73 Å². The van der Waals surface area contributed by atoms with Crippen molar-refractivity contribution in [1.29, 1.82) is 0 Å². The second-order valence-electron chi connectivity index (χ2n) is 9.53. The van der Waals surface area contributed by atoms with Gasteiger partial charge in [0.25, 0.3) is 0 Å². The van der Waals surface area contributed by atoms with Gasteiger partial charge >= 0.3 is 0 Å². The zero-order valence-corrected chi connectivity index (χ0v) is 19.6. The number of ether oxygens (including phenoxy) is 1. The van der Waals surface area contributed by atoms with Crippen LogP contribution < -0.4 is 5.19 Å². The Morgan fingerprint density at radius 2 is 1.83 bits per heavy atom. The predicted octanol–water partition coefficient (Wildman–Crippen LogP) is 5.97. The van der Waals surface area contributed by atoms with Gasteiger partial charge < -0.3 is 4.74 Å². The number of rotatable bonds is 6. The highest BCUT2D eigenvalue weighted by Crippen LogP contribution is 2.52. The smallest absolute Gasteiger partial charge is 0.195 e. The molecule has 0 unspecified atom stereocenters. The largest absolute Gasteiger partial charge is 0.478 e. The zero-order chi connectivity index (χ0) is 21.4. The van der Waals surface area contributed by atoms with Crippen LogP contribution in [0, 0.1) is 5.92 Å². The normalized spacial score (nSPS) is 25.6. The van der Waals surface area contributed by atoms with Crippen molar-refractivity contribution in [2.24, 2.45) is 10.9 Å². The van der Waals surface area contributed by atoms with Crippen LogP contribution in [0.3, 0.4) is 0 Å². The van der Waals surface area contributed by atoms with Crippen LogP contribution in [0.2, 0.25) is 18.6 Å². The standard InChI is InChI=1S/C27H33NOSi/c1-6-18-27(26-28-24(19-29-26)20(2)3)23-15-11-10-12-21(23)16-17-25(27)30(4,5)22-13-8-7-9-14-22/h6-17,20,24-25H,1,18-19H2,2-5H3/t24-,25+,27-/m1/s1. The van der Waals surface area contributed by atoms with Gasteiger partial charge in [0.1, 0.15) is 6.61 Å². The second kappa shape index (κ2) is 8.03. The van der Waals surface area contributed by atoms with E-state index in [1.54, 1.807) is 0 Å². The van der Waals surface area contributed by atoms with Gasteiger partial charge in [0.15, 0.2) is 5.90 Å². The molecule has 156 valence electrons. The molecule has 0 spiro atoms. The molecule has 0 bridgehead atoms. The summed E-state index contributed by atoms with van der Waals surface area (Å²) in [5.41, 5.74) is 2.62. The van der Waals surface area contributed by atoms with E-state index < -0.39 is 8.07 Å². The summed E-state index contributed by atoms with van der Waals surface area (Å²) in [6, 6.07) is 20.0. The third-order valence-corrected chi connectivity index (χ3v) is 11.1. The van der Waals surface area contributed by atoms with Gasteiger partial charge in [0, 0.05) is 0 Å². The first-order valence-corrected chi connectivity index (χ1v) is 14.1. The van der Waals surface area contributed by atoms with Gasteiger partial charge in [0.05, 0.1) is 19.5 Å². The molecule has 1 heterocycles. The lowest BCUT2D eigenvalue weighted by molar-refractivity contribution is 0.268. The minimum absolute atomic E-state index is 0.224. The highest BCUT2D eigenvalue weighted by Gasteiger charge is 2.55. The topological polar surface area (TPSA) is 21.6 Å². The molecule has 0 saturated carbocycles. The molecule has 2 nitrogen and oxygen atoms in total. The van der Waals surface area contributed by atoms with Crippen LogP contribution in [0.1, 0.15) is 31.4 Å². The van der Waals surface area contributed by atoms with Crippen LogP contribution in [-0.4, -0.2) is 26.6 Å². The highest BCUT2D eigenvalue weighted by atomic mass is 28.3. The molecule has 0 fully saturated rings. The van der Waals surface area contributed by atoms with E-state index >= 15 is 0 Å². The fourth-order valence-corrected chi connectivity index (χ4v) is 8.88. The van der Waals surface area contributed by atoms with Gasteiger partial charge in [-0.2, -0.15) is 0 Å². The molecule has 2 aromatic rings. The molecule has 30 heavy (non-hydrogen) atoms. The maximum atomic E-state index is 6.43. The summed E-state index contributed by atoms with van der Waals surface area (Å²) in [5.74, 6) is 1.38. The minimum atomic E-state index is -1.93. The van der Waals surface area contributed by atoms with Crippen LogP contribution in [0.5, 0.6) is 0 Å². The van der Waals surface area contributed by atoms with Gasteiger partial charge in [-0.15, -0.1) is 6.58 Å². The van der Waals surface area contributed by atoms with E-state index in [0.717, 1.165) is 12.3 Å². The first kappa shape index (κ1) is 20.9. The van der Waals surface area contributed by atoms with Crippen LogP contribution >= 0.6 is 0 Å². The molecule has 0 saturated heterocycles. The molecule has 0 radical (unpaired) electrons. The third-order valence-electron chi connectivity index (χ3n) is 7.03. The summed E-state index contributed by atoms with van der Waals surface area (Å²) >= 11 is 0. The Kier molecular flexibility index (Phi) is 5.59. The summed E-state index contributed by atoms with van der Waals surface area (Å²) in [6.07, 6.45) is 7.65. The Balaban J connectivity index is 1.95. The van der Waals surface area contributed by atoms with Crippen molar-refractivity contribution >= 4 is 25.2 Å². The number of benzene rings is 2. The zero-order valence-electron chi connectivity index (χ0n) is 18.6. The Hall–Kier alpha value is -2.39. The quantitative estimate of drug-likeness (QED) is 0.421. The first-order chi connectivity index (χ1) is 14.4. The summed E-state index contributed by atoms with van der Waals surface area (Å²) in [7, 11) is -1.93. The number of nitrogens with zero attached hydrogens (tertiary/aromatic N) is 1. The molecule has 1 aliphatic heterocycles. The molecular formula is C27H33NOSi. The van der Waals surface area contributed by atoms with Crippen LogP contribution in [-0.2, 0) is 10.2 Å². The average Bonchev–Trinajstić information content (AvgIpc) is 3.26. The van der Waals surface area contributed by atoms with Crippen LogP contribution in [0.15, 0.2) is 78.3 Å². The van der Waals surface area contributed by atoms with Gasteiger partial charge in [-0.1, -0.05) is 105 Å². The number of hydrogen-bond acceptors (Lipinski definition) is 2. The van der Waals surface area contributed by atoms with Crippen LogP contribution in [0.4, 0.5) is 0 Å². The molecular weight excluding hydrogens is 382 g/mol. The van der Waals surface area contributed by atoms with Gasteiger partial charge in [-0.25, -0.2) is 4.99 Å². The Morgan fingerprint density at radius 3 is 2.50 bits per heavy atom. The van der Waals surface area contributed by atoms with E-state index in [1.165, 1.54) is 16.3 Å². The number of fused-ring (bicyclic) bond motifs is 1. The lowest BCUT2D eigenvalue weighted by atomic mass is 9.69. The van der Waals surface area contributed by atoms with Crippen molar-refractivity contribution in [1.82, 2.24) is 0 Å². The van der Waals surface area contributed by atoms with Gasteiger partial charge in [0.2, 0.25) is 0 Å². The van der Waals surface area contributed by atoms with Crippen molar-refractivity contribution in [3.8, 4) is 0 Å². The Labute approximate surface area is 182 Å². The average molecular weight is 416 g/mol. The first-order valence-electron chi connectivity index (χ1n) is 11.1. The van der Waals surface area contributed by atoms with Crippen molar-refractivity contribution in [3.63, 3.8) is 0 Å². The maximum absolute atomic E-state index is 6.43. The van der Waals surface area contributed by atoms with Gasteiger partial charge in [-0.3, -0.25) is 0 Å². The van der Waals surface area contributed by atoms with Crippen molar-refractivity contribution < 1.29 is 4.74 Å². The predicted molar refractivity (Wildman–Crippen MR) is 131 cm³/mol. The number of hydrogen-bond donors (Lipinski definition) is 0. The molecule has 0 aromatic heterocycles. The molecule has 0 N–H and O–H groups in total. The fourth-order valence-electron chi connectivity index (χ4n) is 5.26. The summed E-state index contributed by atoms with van der Waals surface area (Å²) < 4.78 is 6.43. The fraction of sp³-hybridized carbons (Fsp3) is 0.370. The molecule has 2 aromatic carbocycles. The Bertz CT molecular complexity index is 975. The Morgan fingerprint density at radius 1 is 1.13 bits per heavy atom. The highest BCUT2D eigenvalue weighted by molar-refractivity contribution is 6.91. The van der Waals surface area contributed by atoms with Crippen LogP contribution in [0.25, 0.3) is 6.08 Å². The molecule has 3 atom stereocenters. The number of allylic oxidation sites excluding steroid dienone is 2. The van der Waals surface area contributed by atoms with E-state index in [1.807, 2.05) is 0 Å². The molecule has 2 aliphatic rings. The summed E-state index contributed by atoms with van der Waals surface area (Å²) in [6.45, 7) is 14.3. The van der Waals surface area contributed by atoms with E-state index in [2.05, 4.69) is 106 Å². The second-order valence-corrected chi connectivity index (χ2v) is 14.2. The van der Waals surface area contributed by atoms with E-state index in [0.29, 0.717) is 18.1 Å². The lowest BCUT2D eigenvalue weighted by Gasteiger charge is -2.48. The molecule has 1 aliphatic carbocycles. The van der Waals surface area contributed by atoms with Crippen molar-refractivity contribution in [3.05, 3.63) is 84.5 Å². The van der Waals surface area contributed by atoms with E-state index in [-0.39, 0.29) is 11.5 Å². The molecule has 4 rings (SSSR count). The molecule has 3 heteroatoms. The maximum Gasteiger partial charge on any atom is 0.195 e. The summed E-state index contributed by atoms with van der Waals surface area (Å²) in [5, 5.41) is 1.46. The molecule has 0 amide bonds. The monoisotopic (exact) mass is 415 g/mol. The van der Waals surface area contributed by atoms with Crippen molar-refractivity contribution in [2.75, 3.05) is 6.61 Å². The summed E-state index contributed by atoms with van der Waals surface area (Å²) in [4.78, 5) is 5.19. The minimum Gasteiger partial charge on any atom is -0.478 e. The third kappa shape index (κ3) is 3.29. The number of aliphatic imine (C=N–C) groups is 1. The van der Waals surface area contributed by atoms with Crippen molar-refractivity contribution in [2.45, 2.75) is 50.4 Å². The lowest BCUT2D eigenvalue weighted by Crippen LogP contribution is -2.56. The SMILES string of the molecule is C=CC[C@@]1(C2=N[C@@H](C(C)C)CO2)c2ccccc2C=C[C@@H]1[Si](C)(C)c1ccccc1. The van der Waals surface area contributed by atoms with Gasteiger partial charge in [-0.05, 0) is 29.0 Å².